The molecular weight excluding hydrogens is 256 g/mol. The van der Waals surface area contributed by atoms with E-state index in [1.54, 1.807) is 0 Å². The monoisotopic (exact) mass is 274 g/mol. The van der Waals surface area contributed by atoms with Crippen LogP contribution in [-0.4, -0.2) is 26.5 Å². The Bertz CT molecular complexity index is 567. The highest BCUT2D eigenvalue weighted by atomic mass is 32.2. The number of aliphatic hydroxyl groups is 1. The zero-order chi connectivity index (χ0) is 13.2. The van der Waals surface area contributed by atoms with Crippen LogP contribution in [-0.2, 0) is 13.5 Å². The molecule has 0 radical (unpaired) electrons. The zero-order valence-electron chi connectivity index (χ0n) is 11.0. The van der Waals surface area contributed by atoms with Gasteiger partial charge in [-0.15, -0.1) is 11.8 Å². The molecule has 2 aromatic rings. The zero-order valence-corrected chi connectivity index (χ0v) is 11.8. The summed E-state index contributed by atoms with van der Waals surface area (Å²) in [7, 11) is 2.00. The van der Waals surface area contributed by atoms with E-state index in [4.69, 9.17) is 0 Å². The van der Waals surface area contributed by atoms with Crippen molar-refractivity contribution in [2.45, 2.75) is 29.8 Å². The number of aromatic nitrogens is 2. The van der Waals surface area contributed by atoms with E-state index in [-0.39, 0.29) is 12.0 Å². The van der Waals surface area contributed by atoms with Crippen LogP contribution >= 0.6 is 11.8 Å². The van der Waals surface area contributed by atoms with Gasteiger partial charge in [-0.3, -0.25) is 0 Å². The first kappa shape index (κ1) is 12.8. The highest BCUT2D eigenvalue weighted by molar-refractivity contribution is 7.99. The minimum atomic E-state index is -0.284. The summed E-state index contributed by atoms with van der Waals surface area (Å²) >= 11 is 1.85. The molecule has 1 aliphatic heterocycles. The number of fused-ring (bicyclic) bond motifs is 1. The second-order valence-corrected chi connectivity index (χ2v) is 6.08. The van der Waals surface area contributed by atoms with Crippen LogP contribution in [0.4, 0.5) is 0 Å². The first-order chi connectivity index (χ1) is 9.25. The van der Waals surface area contributed by atoms with Crippen LogP contribution in [0, 0.1) is 0 Å². The van der Waals surface area contributed by atoms with Gasteiger partial charge in [-0.1, -0.05) is 18.2 Å². The van der Waals surface area contributed by atoms with E-state index in [2.05, 4.69) is 29.2 Å². The van der Waals surface area contributed by atoms with Gasteiger partial charge in [0, 0.05) is 42.4 Å². The smallest absolute Gasteiger partial charge is 0.108 e. The number of hydrogen-bond donors (Lipinski definition) is 1. The van der Waals surface area contributed by atoms with Crippen molar-refractivity contribution in [3.05, 3.63) is 48.0 Å². The summed E-state index contributed by atoms with van der Waals surface area (Å²) in [6, 6.07) is 8.41. The van der Waals surface area contributed by atoms with E-state index in [0.717, 1.165) is 24.4 Å². The maximum atomic E-state index is 10.4. The van der Waals surface area contributed by atoms with Crippen molar-refractivity contribution in [1.82, 2.24) is 9.55 Å². The van der Waals surface area contributed by atoms with Crippen LogP contribution in [0.5, 0.6) is 0 Å². The molecule has 2 atom stereocenters. The maximum Gasteiger partial charge on any atom is 0.108 e. The third-order valence-corrected chi connectivity index (χ3v) is 4.99. The van der Waals surface area contributed by atoms with Crippen molar-refractivity contribution in [1.29, 1.82) is 0 Å². The fraction of sp³-hybridized carbons (Fsp3) is 0.400. The van der Waals surface area contributed by atoms with Crippen LogP contribution in [0.1, 0.15) is 23.7 Å². The molecule has 1 aromatic carbocycles. The Hall–Kier alpha value is -1.26. The number of aliphatic hydroxyl groups excluding tert-OH is 1. The van der Waals surface area contributed by atoms with Gasteiger partial charge in [-0.25, -0.2) is 4.98 Å². The van der Waals surface area contributed by atoms with E-state index < -0.39 is 0 Å². The molecule has 0 saturated heterocycles. The number of hydrogen-bond acceptors (Lipinski definition) is 3. The molecule has 0 spiro atoms. The van der Waals surface area contributed by atoms with Crippen LogP contribution in [0.2, 0.25) is 0 Å². The number of rotatable bonds is 4. The Morgan fingerprint density at radius 3 is 3.11 bits per heavy atom. The van der Waals surface area contributed by atoms with Crippen LogP contribution in [0.25, 0.3) is 0 Å². The molecule has 1 N–H and O–H groups in total. The summed E-state index contributed by atoms with van der Waals surface area (Å²) < 4.78 is 2.02. The number of thioether (sulfide) groups is 1. The van der Waals surface area contributed by atoms with E-state index >= 15 is 0 Å². The largest absolute Gasteiger partial charge is 0.392 e. The third kappa shape index (κ3) is 2.55. The molecule has 0 saturated carbocycles. The summed E-state index contributed by atoms with van der Waals surface area (Å²) in [6.45, 7) is 0. The summed E-state index contributed by atoms with van der Waals surface area (Å²) in [5, 5.41) is 10.4. The summed E-state index contributed by atoms with van der Waals surface area (Å²) in [5.74, 6) is 2.29. The van der Waals surface area contributed by atoms with Crippen molar-refractivity contribution in [2.24, 2.45) is 7.05 Å². The second kappa shape index (κ2) is 5.39. The van der Waals surface area contributed by atoms with Crippen LogP contribution in [0.3, 0.4) is 0 Å². The highest BCUT2D eigenvalue weighted by Crippen LogP contribution is 2.41. The minimum absolute atomic E-state index is 0.265. The second-order valence-electron chi connectivity index (χ2n) is 5.02. The molecule has 100 valence electrons. The molecule has 3 nitrogen and oxygen atoms in total. The summed E-state index contributed by atoms with van der Waals surface area (Å²) in [4.78, 5) is 5.63. The normalized spacial score (nSPS) is 19.4. The van der Waals surface area contributed by atoms with Gasteiger partial charge in [0.15, 0.2) is 0 Å². The van der Waals surface area contributed by atoms with Gasteiger partial charge in [0.05, 0.1) is 6.10 Å². The van der Waals surface area contributed by atoms with Crippen molar-refractivity contribution < 1.29 is 5.11 Å². The Morgan fingerprint density at radius 2 is 2.32 bits per heavy atom. The van der Waals surface area contributed by atoms with E-state index in [1.165, 1.54) is 10.5 Å². The van der Waals surface area contributed by atoms with Crippen molar-refractivity contribution in [3.63, 3.8) is 0 Å². The van der Waals surface area contributed by atoms with Crippen LogP contribution in [0.15, 0.2) is 41.6 Å². The summed E-state index contributed by atoms with van der Waals surface area (Å²) in [6.07, 6.45) is 5.07. The molecule has 2 unspecified atom stereocenters. The van der Waals surface area contributed by atoms with Gasteiger partial charge in [0.1, 0.15) is 5.82 Å². The van der Waals surface area contributed by atoms with Gasteiger partial charge in [0.25, 0.3) is 0 Å². The van der Waals surface area contributed by atoms with Gasteiger partial charge in [-0.2, -0.15) is 0 Å². The predicted molar refractivity (Wildman–Crippen MR) is 77.4 cm³/mol. The van der Waals surface area contributed by atoms with Crippen molar-refractivity contribution >= 4 is 11.8 Å². The van der Waals surface area contributed by atoms with Crippen molar-refractivity contribution in [3.8, 4) is 0 Å². The topological polar surface area (TPSA) is 38.0 Å². The molecule has 0 bridgehead atoms. The van der Waals surface area contributed by atoms with Gasteiger partial charge in [-0.05, 0) is 18.1 Å². The molecule has 3 rings (SSSR count). The van der Waals surface area contributed by atoms with E-state index in [1.807, 2.05) is 35.8 Å². The first-order valence-electron chi connectivity index (χ1n) is 6.61. The molecule has 1 aromatic heterocycles. The molecule has 0 fully saturated rings. The average molecular weight is 274 g/mol. The summed E-state index contributed by atoms with van der Waals surface area (Å²) in [5.41, 5.74) is 1.31. The lowest BCUT2D eigenvalue weighted by molar-refractivity contribution is 0.141. The van der Waals surface area contributed by atoms with Gasteiger partial charge in [0.2, 0.25) is 0 Å². The maximum absolute atomic E-state index is 10.4. The quantitative estimate of drug-likeness (QED) is 0.931. The number of imidazole rings is 1. The standard InChI is InChI=1S/C15H18N2OS/c1-17-9-8-16-15(17)7-6-13(18)12-10-19-14-5-3-2-4-11(12)14/h2-5,8-9,12-13,18H,6-7,10H2,1H3. The number of benzene rings is 1. The lowest BCUT2D eigenvalue weighted by atomic mass is 9.92. The average Bonchev–Trinajstić information content (AvgIpc) is 3.02. The lowest BCUT2D eigenvalue weighted by Gasteiger charge is -2.18. The van der Waals surface area contributed by atoms with Crippen LogP contribution < -0.4 is 0 Å². The molecule has 2 heterocycles. The molecule has 4 heteroatoms. The fourth-order valence-electron chi connectivity index (χ4n) is 2.62. The molecule has 19 heavy (non-hydrogen) atoms. The number of aryl methyl sites for hydroxylation is 2. The SMILES string of the molecule is Cn1ccnc1CCC(O)C1CSc2ccccc21. The molecule has 1 aliphatic rings. The molecule has 0 aliphatic carbocycles. The first-order valence-corrected chi connectivity index (χ1v) is 7.60. The van der Waals surface area contributed by atoms with Crippen molar-refractivity contribution in [2.75, 3.05) is 5.75 Å². The minimum Gasteiger partial charge on any atom is -0.392 e. The Balaban J connectivity index is 1.66. The molecular formula is C15H18N2OS. The van der Waals surface area contributed by atoms with E-state index in [9.17, 15) is 5.11 Å². The third-order valence-electron chi connectivity index (χ3n) is 3.79. The lowest BCUT2D eigenvalue weighted by Crippen LogP contribution is -2.19. The number of nitrogens with zero attached hydrogens (tertiary/aromatic N) is 2. The van der Waals surface area contributed by atoms with Gasteiger partial charge < -0.3 is 9.67 Å². The van der Waals surface area contributed by atoms with Gasteiger partial charge >= 0.3 is 0 Å². The Kier molecular flexibility index (Phi) is 3.62. The fourth-order valence-corrected chi connectivity index (χ4v) is 3.94. The van der Waals surface area contributed by atoms with E-state index in [0.29, 0.717) is 0 Å². The highest BCUT2D eigenvalue weighted by Gasteiger charge is 2.28. The molecule has 0 amide bonds. The Labute approximate surface area is 117 Å². The predicted octanol–water partition coefficient (Wildman–Crippen LogP) is 2.60. The Morgan fingerprint density at radius 1 is 1.47 bits per heavy atom.